The number of anilines is 4. The van der Waals surface area contributed by atoms with Crippen LogP contribution in [-0.2, 0) is 23.6 Å². The van der Waals surface area contributed by atoms with Gasteiger partial charge in [-0.15, -0.1) is 0 Å². The molecule has 2 aromatic heterocycles. The van der Waals surface area contributed by atoms with E-state index < -0.39 is 10.0 Å². The van der Waals surface area contributed by atoms with Gasteiger partial charge in [0.1, 0.15) is 5.82 Å². The zero-order valence-electron chi connectivity index (χ0n) is 15.3. The van der Waals surface area contributed by atoms with Gasteiger partial charge in [-0.25, -0.2) is 13.4 Å². The first-order chi connectivity index (χ1) is 13.3. The molecule has 0 aliphatic carbocycles. The number of aromatic nitrogens is 4. The number of aryl methyl sites for hydroxylation is 1. The van der Waals surface area contributed by atoms with Gasteiger partial charge < -0.3 is 16.0 Å². The molecule has 0 atom stereocenters. The number of para-hydroxylation sites is 1. The number of hydrogen-bond donors (Lipinski definition) is 4. The average molecular weight is 400 g/mol. The monoisotopic (exact) mass is 400 g/mol. The topological polar surface area (TPSA) is 138 Å². The van der Waals surface area contributed by atoms with Crippen LogP contribution in [0.5, 0.6) is 0 Å². The Kier molecular flexibility index (Phi) is 5.54. The molecule has 0 fully saturated rings. The molecule has 146 valence electrons. The molecule has 2 heterocycles. The van der Waals surface area contributed by atoms with Crippen molar-refractivity contribution in [1.29, 1.82) is 5.41 Å². The number of nitrogens with one attached hydrogen (secondary N) is 4. The van der Waals surface area contributed by atoms with E-state index >= 15 is 0 Å². The van der Waals surface area contributed by atoms with E-state index in [0.717, 1.165) is 23.7 Å². The molecule has 3 aromatic rings. The van der Waals surface area contributed by atoms with E-state index in [2.05, 4.69) is 30.4 Å². The SMILES string of the molecule is Cn1cc(Nc2ncc(C=N)c(NCc3ccccc3NS(C)(=O)=O)n2)cn1. The van der Waals surface area contributed by atoms with Gasteiger partial charge in [0, 0.05) is 32.2 Å². The molecule has 0 aliphatic rings. The van der Waals surface area contributed by atoms with Crippen molar-refractivity contribution in [3.8, 4) is 0 Å². The summed E-state index contributed by atoms with van der Waals surface area (Å²) in [4.78, 5) is 8.60. The highest BCUT2D eigenvalue weighted by atomic mass is 32.2. The Hall–Kier alpha value is -3.47. The molecule has 0 amide bonds. The summed E-state index contributed by atoms with van der Waals surface area (Å²) in [5.41, 5.74) is 2.46. The van der Waals surface area contributed by atoms with Gasteiger partial charge in [-0.05, 0) is 11.6 Å². The third-order valence-electron chi connectivity index (χ3n) is 3.69. The van der Waals surface area contributed by atoms with E-state index in [4.69, 9.17) is 5.41 Å². The molecule has 4 N–H and O–H groups in total. The summed E-state index contributed by atoms with van der Waals surface area (Å²) in [6.45, 7) is 0.308. The second-order valence-electron chi connectivity index (χ2n) is 6.05. The highest BCUT2D eigenvalue weighted by Crippen LogP contribution is 2.20. The molecule has 10 nitrogen and oxygen atoms in total. The Morgan fingerprint density at radius 2 is 2.04 bits per heavy atom. The van der Waals surface area contributed by atoms with Gasteiger partial charge in [0.15, 0.2) is 0 Å². The van der Waals surface area contributed by atoms with E-state index in [-0.39, 0.29) is 0 Å². The summed E-state index contributed by atoms with van der Waals surface area (Å²) in [7, 11) is -1.59. The Morgan fingerprint density at radius 3 is 2.71 bits per heavy atom. The van der Waals surface area contributed by atoms with Crippen LogP contribution in [0.15, 0.2) is 42.9 Å². The van der Waals surface area contributed by atoms with Gasteiger partial charge in [0.05, 0.1) is 29.4 Å². The van der Waals surface area contributed by atoms with Gasteiger partial charge in [0.2, 0.25) is 16.0 Å². The van der Waals surface area contributed by atoms with Crippen LogP contribution in [0.2, 0.25) is 0 Å². The summed E-state index contributed by atoms with van der Waals surface area (Å²) in [6.07, 6.45) is 7.21. The Balaban J connectivity index is 1.80. The van der Waals surface area contributed by atoms with Gasteiger partial charge in [-0.1, -0.05) is 18.2 Å². The van der Waals surface area contributed by atoms with Gasteiger partial charge in [0.25, 0.3) is 0 Å². The van der Waals surface area contributed by atoms with Crippen molar-refractivity contribution in [3.05, 3.63) is 54.0 Å². The first-order valence-electron chi connectivity index (χ1n) is 8.27. The summed E-state index contributed by atoms with van der Waals surface area (Å²) in [5, 5.41) is 17.8. The van der Waals surface area contributed by atoms with Crippen LogP contribution in [0.25, 0.3) is 0 Å². The first kappa shape index (κ1) is 19.3. The van der Waals surface area contributed by atoms with Crippen LogP contribution in [0.3, 0.4) is 0 Å². The lowest BCUT2D eigenvalue weighted by Gasteiger charge is -2.13. The molecule has 3 rings (SSSR count). The van der Waals surface area contributed by atoms with Crippen molar-refractivity contribution >= 4 is 39.4 Å². The lowest BCUT2D eigenvalue weighted by Crippen LogP contribution is -2.13. The lowest BCUT2D eigenvalue weighted by molar-refractivity contribution is 0.606. The molecule has 0 aliphatic heterocycles. The Bertz CT molecular complexity index is 1090. The molecule has 0 saturated heterocycles. The standard InChI is InChI=1S/C17H20N8O2S/c1-25-11-14(10-21-25)22-17-20-9-13(7-18)16(23-17)19-8-12-5-3-4-6-15(12)24-28(2,26)27/h3-7,9-11,18,24H,8H2,1-2H3,(H2,19,20,22,23). The number of nitrogens with zero attached hydrogens (tertiary/aromatic N) is 4. The zero-order chi connectivity index (χ0) is 20.1. The normalized spacial score (nSPS) is 11.1. The van der Waals surface area contributed by atoms with Crippen LogP contribution in [0.4, 0.5) is 23.1 Å². The van der Waals surface area contributed by atoms with Crippen molar-refractivity contribution < 1.29 is 8.42 Å². The second-order valence-corrected chi connectivity index (χ2v) is 7.80. The number of hydrogen-bond acceptors (Lipinski definition) is 8. The minimum absolute atomic E-state index is 0.308. The van der Waals surface area contributed by atoms with Crippen molar-refractivity contribution in [3.63, 3.8) is 0 Å². The largest absolute Gasteiger partial charge is 0.365 e. The molecule has 28 heavy (non-hydrogen) atoms. The summed E-state index contributed by atoms with van der Waals surface area (Å²) in [6, 6.07) is 7.06. The van der Waals surface area contributed by atoms with E-state index in [9.17, 15) is 8.42 Å². The first-order valence-corrected chi connectivity index (χ1v) is 10.2. The van der Waals surface area contributed by atoms with Crippen LogP contribution in [0, 0.1) is 5.41 Å². The fourth-order valence-corrected chi connectivity index (χ4v) is 3.06. The maximum Gasteiger partial charge on any atom is 0.229 e. The van der Waals surface area contributed by atoms with Crippen molar-refractivity contribution in [2.45, 2.75) is 6.54 Å². The van der Waals surface area contributed by atoms with E-state index in [0.29, 0.717) is 29.6 Å². The van der Waals surface area contributed by atoms with Gasteiger partial charge in [-0.2, -0.15) is 10.1 Å². The van der Waals surface area contributed by atoms with Gasteiger partial charge in [-0.3, -0.25) is 9.40 Å². The van der Waals surface area contributed by atoms with E-state index in [1.807, 2.05) is 6.07 Å². The summed E-state index contributed by atoms with van der Waals surface area (Å²) in [5.74, 6) is 0.800. The highest BCUT2D eigenvalue weighted by molar-refractivity contribution is 7.92. The van der Waals surface area contributed by atoms with Gasteiger partial charge >= 0.3 is 0 Å². The van der Waals surface area contributed by atoms with Crippen molar-refractivity contribution in [2.24, 2.45) is 7.05 Å². The van der Waals surface area contributed by atoms with Crippen molar-refractivity contribution in [2.75, 3.05) is 21.6 Å². The van der Waals surface area contributed by atoms with E-state index in [1.54, 1.807) is 42.3 Å². The molecule has 0 radical (unpaired) electrons. The van der Waals surface area contributed by atoms with Crippen LogP contribution >= 0.6 is 0 Å². The molecule has 1 aromatic carbocycles. The number of benzene rings is 1. The Labute approximate surface area is 162 Å². The molecular formula is C17H20N8O2S. The van der Waals surface area contributed by atoms with Crippen LogP contribution in [0.1, 0.15) is 11.1 Å². The fraction of sp³-hybridized carbons (Fsp3) is 0.176. The Morgan fingerprint density at radius 1 is 1.25 bits per heavy atom. The molecule has 0 spiro atoms. The fourth-order valence-electron chi connectivity index (χ4n) is 2.47. The second kappa shape index (κ2) is 8.05. The third kappa shape index (κ3) is 5.04. The zero-order valence-corrected chi connectivity index (χ0v) is 16.2. The van der Waals surface area contributed by atoms with E-state index in [1.165, 1.54) is 6.20 Å². The third-order valence-corrected chi connectivity index (χ3v) is 4.28. The quantitative estimate of drug-likeness (QED) is 0.424. The minimum Gasteiger partial charge on any atom is -0.365 e. The molecule has 11 heteroatoms. The minimum atomic E-state index is -3.39. The molecular weight excluding hydrogens is 380 g/mol. The molecule has 0 saturated carbocycles. The summed E-state index contributed by atoms with van der Waals surface area (Å²) >= 11 is 0. The maximum absolute atomic E-state index is 11.6. The molecule has 0 bridgehead atoms. The summed E-state index contributed by atoms with van der Waals surface area (Å²) < 4.78 is 27.2. The molecule has 0 unspecified atom stereocenters. The predicted octanol–water partition coefficient (Wildman–Crippen LogP) is 1.93. The smallest absolute Gasteiger partial charge is 0.229 e. The van der Waals surface area contributed by atoms with Crippen LogP contribution < -0.4 is 15.4 Å². The highest BCUT2D eigenvalue weighted by Gasteiger charge is 2.10. The maximum atomic E-state index is 11.6. The number of sulfonamides is 1. The van der Waals surface area contributed by atoms with Crippen LogP contribution in [-0.4, -0.2) is 40.6 Å². The average Bonchev–Trinajstić information content (AvgIpc) is 3.04. The predicted molar refractivity (Wildman–Crippen MR) is 109 cm³/mol. The lowest BCUT2D eigenvalue weighted by atomic mass is 10.2. The van der Waals surface area contributed by atoms with Crippen molar-refractivity contribution in [1.82, 2.24) is 19.7 Å². The number of rotatable bonds is 8.